The van der Waals surface area contributed by atoms with Crippen LogP contribution in [0.5, 0.6) is 0 Å². The fraction of sp³-hybridized carbons (Fsp3) is 0.800. The topological polar surface area (TPSA) is 74.6 Å². The smallest absolute Gasteiger partial charge is 0.306 e. The maximum atomic E-state index is 10.8. The average Bonchev–Trinajstić information content (AvgIpc) is 2.11. The third kappa shape index (κ3) is 4.25. The first-order valence-corrected chi connectivity index (χ1v) is 4.98. The summed E-state index contributed by atoms with van der Waals surface area (Å²) in [6.45, 7) is 3.67. The summed E-state index contributed by atoms with van der Waals surface area (Å²) in [5.41, 5.74) is 0. The van der Waals surface area contributed by atoms with Crippen molar-refractivity contribution in [2.45, 2.75) is 39.5 Å². The fourth-order valence-electron chi connectivity index (χ4n) is 1.48. The van der Waals surface area contributed by atoms with E-state index < -0.39 is 23.8 Å². The van der Waals surface area contributed by atoms with Crippen LogP contribution in [0.3, 0.4) is 0 Å². The second kappa shape index (κ2) is 6.40. The van der Waals surface area contributed by atoms with Gasteiger partial charge in [-0.25, -0.2) is 0 Å². The van der Waals surface area contributed by atoms with Gasteiger partial charge in [-0.1, -0.05) is 20.3 Å². The Morgan fingerprint density at radius 1 is 1.07 bits per heavy atom. The third-order valence-electron chi connectivity index (χ3n) is 2.40. The zero-order valence-corrected chi connectivity index (χ0v) is 8.69. The molecule has 0 aliphatic carbocycles. The molecule has 2 unspecified atom stereocenters. The van der Waals surface area contributed by atoms with Gasteiger partial charge in [-0.15, -0.1) is 0 Å². The molecule has 0 aromatic rings. The van der Waals surface area contributed by atoms with Crippen LogP contribution in [-0.2, 0) is 9.59 Å². The summed E-state index contributed by atoms with van der Waals surface area (Å²) >= 11 is 0. The summed E-state index contributed by atoms with van der Waals surface area (Å²) in [5.74, 6) is -2.81. The molecule has 0 aliphatic heterocycles. The Balaban J connectivity index is 4.25. The third-order valence-corrected chi connectivity index (χ3v) is 2.40. The second-order valence-electron chi connectivity index (χ2n) is 3.50. The van der Waals surface area contributed by atoms with Gasteiger partial charge in [0.05, 0.1) is 11.8 Å². The molecule has 0 fully saturated rings. The Bertz CT molecular complexity index is 200. The summed E-state index contributed by atoms with van der Waals surface area (Å²) < 4.78 is 0. The molecule has 0 rings (SSSR count). The first-order valence-electron chi connectivity index (χ1n) is 4.98. The van der Waals surface area contributed by atoms with Crippen LogP contribution >= 0.6 is 0 Å². The van der Waals surface area contributed by atoms with E-state index in [2.05, 4.69) is 0 Å². The molecule has 2 atom stereocenters. The van der Waals surface area contributed by atoms with Crippen LogP contribution < -0.4 is 0 Å². The number of carbonyl (C=O) groups is 2. The van der Waals surface area contributed by atoms with E-state index >= 15 is 0 Å². The first kappa shape index (κ1) is 12.9. The highest BCUT2D eigenvalue weighted by atomic mass is 16.4. The van der Waals surface area contributed by atoms with Crippen LogP contribution in [0, 0.1) is 11.8 Å². The number of rotatable bonds is 7. The highest BCUT2D eigenvalue weighted by molar-refractivity contribution is 5.73. The molecule has 0 radical (unpaired) electrons. The van der Waals surface area contributed by atoms with Gasteiger partial charge in [-0.2, -0.15) is 0 Å². The molecule has 0 bridgehead atoms. The molecule has 0 aliphatic rings. The van der Waals surface area contributed by atoms with Gasteiger partial charge in [-0.05, 0) is 19.3 Å². The van der Waals surface area contributed by atoms with Crippen molar-refractivity contribution in [3.8, 4) is 0 Å². The van der Waals surface area contributed by atoms with Gasteiger partial charge in [0.1, 0.15) is 0 Å². The Labute approximate surface area is 83.9 Å². The predicted octanol–water partition coefficient (Wildman–Crippen LogP) is 1.99. The van der Waals surface area contributed by atoms with Gasteiger partial charge in [0, 0.05) is 0 Å². The quantitative estimate of drug-likeness (QED) is 0.662. The van der Waals surface area contributed by atoms with Crippen LogP contribution in [0.25, 0.3) is 0 Å². The van der Waals surface area contributed by atoms with E-state index in [1.165, 1.54) is 0 Å². The van der Waals surface area contributed by atoms with Crippen molar-refractivity contribution in [3.05, 3.63) is 0 Å². The molecule has 4 heteroatoms. The molecule has 14 heavy (non-hydrogen) atoms. The van der Waals surface area contributed by atoms with Crippen molar-refractivity contribution in [2.75, 3.05) is 0 Å². The van der Waals surface area contributed by atoms with Crippen LogP contribution in [0.1, 0.15) is 39.5 Å². The summed E-state index contributed by atoms with van der Waals surface area (Å²) in [6.07, 6.45) is 2.06. The molecule has 0 aromatic heterocycles. The van der Waals surface area contributed by atoms with Gasteiger partial charge in [0.2, 0.25) is 0 Å². The number of carboxylic acids is 2. The zero-order valence-electron chi connectivity index (χ0n) is 8.69. The van der Waals surface area contributed by atoms with Gasteiger partial charge in [-0.3, -0.25) is 9.59 Å². The van der Waals surface area contributed by atoms with Gasteiger partial charge in [0.15, 0.2) is 0 Å². The van der Waals surface area contributed by atoms with E-state index in [-0.39, 0.29) is 6.42 Å². The van der Waals surface area contributed by atoms with E-state index in [9.17, 15) is 9.59 Å². The number of hydrogen-bond donors (Lipinski definition) is 2. The van der Waals surface area contributed by atoms with Gasteiger partial charge < -0.3 is 10.2 Å². The lowest BCUT2D eigenvalue weighted by Gasteiger charge is -2.15. The molecular formula is C10H18O4. The van der Waals surface area contributed by atoms with E-state index in [0.717, 1.165) is 6.42 Å². The highest BCUT2D eigenvalue weighted by Crippen LogP contribution is 2.20. The lowest BCUT2D eigenvalue weighted by atomic mass is 9.90. The molecule has 0 saturated carbocycles. The fourth-order valence-corrected chi connectivity index (χ4v) is 1.48. The maximum absolute atomic E-state index is 10.8. The number of aliphatic carboxylic acids is 2. The second-order valence-corrected chi connectivity index (χ2v) is 3.50. The van der Waals surface area contributed by atoms with Gasteiger partial charge in [0.25, 0.3) is 0 Å². The number of hydrogen-bond acceptors (Lipinski definition) is 2. The van der Waals surface area contributed by atoms with E-state index in [1.807, 2.05) is 6.92 Å². The lowest BCUT2D eigenvalue weighted by molar-refractivity contribution is -0.146. The Kier molecular flexibility index (Phi) is 5.92. The standard InChI is InChI=1S/C10H18O4/c1-3-5-8(10(13)14)6-7(4-2)9(11)12/h7-8H,3-6H2,1-2H3,(H,11,12)(H,13,14). The number of carboxylic acid groups (broad SMARTS) is 2. The predicted molar refractivity (Wildman–Crippen MR) is 52.1 cm³/mol. The minimum atomic E-state index is -0.894. The van der Waals surface area contributed by atoms with Crippen LogP contribution in [0.2, 0.25) is 0 Å². The molecule has 82 valence electrons. The summed E-state index contributed by atoms with van der Waals surface area (Å²) in [7, 11) is 0. The minimum Gasteiger partial charge on any atom is -0.481 e. The normalized spacial score (nSPS) is 14.7. The molecule has 0 heterocycles. The SMILES string of the molecule is CCCC(CC(CC)C(=O)O)C(=O)O. The van der Waals surface area contributed by atoms with Crippen LogP contribution in [-0.4, -0.2) is 22.2 Å². The van der Waals surface area contributed by atoms with Crippen molar-refractivity contribution >= 4 is 11.9 Å². The van der Waals surface area contributed by atoms with Crippen molar-refractivity contribution in [2.24, 2.45) is 11.8 Å². The molecule has 0 saturated heterocycles. The van der Waals surface area contributed by atoms with Crippen molar-refractivity contribution in [1.29, 1.82) is 0 Å². The van der Waals surface area contributed by atoms with E-state index in [4.69, 9.17) is 10.2 Å². The molecule has 2 N–H and O–H groups in total. The van der Waals surface area contributed by atoms with Gasteiger partial charge >= 0.3 is 11.9 Å². The zero-order chi connectivity index (χ0) is 11.1. The summed E-state index contributed by atoms with van der Waals surface area (Å²) in [6, 6.07) is 0. The monoisotopic (exact) mass is 202 g/mol. The van der Waals surface area contributed by atoms with Crippen LogP contribution in [0.15, 0.2) is 0 Å². The first-order chi connectivity index (χ1) is 6.52. The largest absolute Gasteiger partial charge is 0.481 e. The van der Waals surface area contributed by atoms with Crippen molar-refractivity contribution in [1.82, 2.24) is 0 Å². The summed E-state index contributed by atoms with van der Waals surface area (Å²) in [4.78, 5) is 21.5. The molecular weight excluding hydrogens is 184 g/mol. The van der Waals surface area contributed by atoms with Crippen molar-refractivity contribution in [3.63, 3.8) is 0 Å². The maximum Gasteiger partial charge on any atom is 0.306 e. The van der Waals surface area contributed by atoms with E-state index in [0.29, 0.717) is 12.8 Å². The Hall–Kier alpha value is -1.06. The van der Waals surface area contributed by atoms with E-state index in [1.54, 1.807) is 6.92 Å². The lowest BCUT2D eigenvalue weighted by Crippen LogP contribution is -2.22. The molecule has 4 nitrogen and oxygen atoms in total. The summed E-state index contributed by atoms with van der Waals surface area (Å²) in [5, 5.41) is 17.6. The minimum absolute atomic E-state index is 0.245. The Morgan fingerprint density at radius 3 is 1.86 bits per heavy atom. The van der Waals surface area contributed by atoms with Crippen LogP contribution in [0.4, 0.5) is 0 Å². The molecule has 0 amide bonds. The van der Waals surface area contributed by atoms with Crippen molar-refractivity contribution < 1.29 is 19.8 Å². The Morgan fingerprint density at radius 2 is 1.57 bits per heavy atom. The highest BCUT2D eigenvalue weighted by Gasteiger charge is 2.24. The molecule has 0 aromatic carbocycles. The molecule has 0 spiro atoms. The average molecular weight is 202 g/mol.